The van der Waals surface area contributed by atoms with E-state index < -0.39 is 15.6 Å². The van der Waals surface area contributed by atoms with Crippen molar-refractivity contribution in [2.24, 2.45) is 10.9 Å². The van der Waals surface area contributed by atoms with Gasteiger partial charge in [0.2, 0.25) is 10.0 Å². The van der Waals surface area contributed by atoms with Crippen LogP contribution in [0.4, 0.5) is 0 Å². The topological polar surface area (TPSA) is 91.6 Å². The van der Waals surface area contributed by atoms with Gasteiger partial charge in [0.15, 0.2) is 5.96 Å². The molecule has 1 fully saturated rings. The van der Waals surface area contributed by atoms with Crippen molar-refractivity contribution in [1.29, 1.82) is 0 Å². The lowest BCUT2D eigenvalue weighted by atomic mass is 9.93. The number of hydrogen-bond acceptors (Lipinski definition) is 4. The highest BCUT2D eigenvalue weighted by Crippen LogP contribution is 2.27. The van der Waals surface area contributed by atoms with Crippen LogP contribution in [0, 0.1) is 5.92 Å². The molecular weight excluding hydrogens is 479 g/mol. The second kappa shape index (κ2) is 10.1. The molecule has 0 spiro atoms. The quantitative estimate of drug-likeness (QED) is 0.344. The van der Waals surface area contributed by atoms with E-state index in [0.717, 1.165) is 32.0 Å². The number of rotatable bonds is 6. The largest absolute Gasteiger partial charge is 0.357 e. The molecule has 2 unspecified atom stereocenters. The zero-order valence-electron chi connectivity index (χ0n) is 16.8. The van der Waals surface area contributed by atoms with Crippen LogP contribution >= 0.6 is 24.0 Å². The lowest BCUT2D eigenvalue weighted by Gasteiger charge is -2.39. The fourth-order valence-electron chi connectivity index (χ4n) is 3.33. The van der Waals surface area contributed by atoms with Crippen LogP contribution in [0.25, 0.3) is 0 Å². The van der Waals surface area contributed by atoms with Crippen LogP contribution in [0.5, 0.6) is 0 Å². The predicted molar refractivity (Wildman–Crippen MR) is 120 cm³/mol. The van der Waals surface area contributed by atoms with Gasteiger partial charge in [0.25, 0.3) is 0 Å². The Kier molecular flexibility index (Phi) is 9.00. The Morgan fingerprint density at radius 2 is 2.11 bits per heavy atom. The number of sulfonamides is 1. The third kappa shape index (κ3) is 7.57. The summed E-state index contributed by atoms with van der Waals surface area (Å²) in [5, 5.41) is 3.34. The Bertz CT molecular complexity index is 705. The first-order chi connectivity index (χ1) is 12.1. The Labute approximate surface area is 180 Å². The molecule has 10 heteroatoms. The summed E-state index contributed by atoms with van der Waals surface area (Å²) in [4.78, 5) is 11.1. The van der Waals surface area contributed by atoms with Crippen molar-refractivity contribution in [2.75, 3.05) is 32.4 Å². The molecule has 1 aromatic heterocycles. The van der Waals surface area contributed by atoms with Crippen LogP contribution in [-0.2, 0) is 10.0 Å². The molecule has 0 bridgehead atoms. The van der Waals surface area contributed by atoms with Crippen molar-refractivity contribution in [2.45, 2.75) is 45.7 Å². The van der Waals surface area contributed by atoms with Gasteiger partial charge in [-0.3, -0.25) is 4.99 Å². The number of halogens is 1. The maximum absolute atomic E-state index is 11.5. The number of nitrogens with zero attached hydrogens (tertiary/aromatic N) is 4. The van der Waals surface area contributed by atoms with Crippen LogP contribution in [0.1, 0.15) is 40.2 Å². The molecule has 0 aliphatic carbocycles. The first-order valence-electron chi connectivity index (χ1n) is 9.11. The molecule has 0 saturated carbocycles. The average molecular weight is 512 g/mol. The zero-order valence-corrected chi connectivity index (χ0v) is 20.0. The standard InChI is InChI=1S/C17H32N6O2S.HI/c1-6-19-16(20-12-17(3,4)21-26(5,24)25)22-9-7-14(2)15(11-22)23-10-8-18-13-23;/h8,10,13-15,21H,6-7,9,11-12H2,1-5H3,(H,19,20);1H. The smallest absolute Gasteiger partial charge is 0.209 e. The van der Waals surface area contributed by atoms with Crippen LogP contribution in [0.2, 0.25) is 0 Å². The van der Waals surface area contributed by atoms with Gasteiger partial charge in [0.1, 0.15) is 0 Å². The molecule has 1 saturated heterocycles. The van der Waals surface area contributed by atoms with Crippen molar-refractivity contribution in [1.82, 2.24) is 24.5 Å². The number of hydrogen-bond donors (Lipinski definition) is 2. The summed E-state index contributed by atoms with van der Waals surface area (Å²) >= 11 is 0. The lowest BCUT2D eigenvalue weighted by Crippen LogP contribution is -2.50. The molecule has 0 radical (unpaired) electrons. The Morgan fingerprint density at radius 1 is 1.41 bits per heavy atom. The van der Waals surface area contributed by atoms with Gasteiger partial charge in [-0.15, -0.1) is 24.0 Å². The van der Waals surface area contributed by atoms with Crippen molar-refractivity contribution in [3.63, 3.8) is 0 Å². The first kappa shape index (κ1) is 24.2. The molecule has 2 rings (SSSR count). The van der Waals surface area contributed by atoms with Crippen LogP contribution in [-0.4, -0.2) is 66.8 Å². The van der Waals surface area contributed by atoms with Gasteiger partial charge in [0, 0.05) is 37.6 Å². The third-order valence-corrected chi connectivity index (χ3v) is 5.47. The summed E-state index contributed by atoms with van der Waals surface area (Å²) in [7, 11) is -3.28. The molecule has 2 heterocycles. The number of nitrogens with one attached hydrogen (secondary N) is 2. The summed E-state index contributed by atoms with van der Waals surface area (Å²) in [6, 6.07) is 0.345. The van der Waals surface area contributed by atoms with Crippen molar-refractivity contribution in [3.8, 4) is 0 Å². The average Bonchev–Trinajstić information content (AvgIpc) is 3.04. The highest BCUT2D eigenvalue weighted by atomic mass is 127. The SMILES string of the molecule is CCNC(=NCC(C)(C)NS(C)(=O)=O)N1CCC(C)C(n2ccnc2)C1.I. The minimum Gasteiger partial charge on any atom is -0.357 e. The first-order valence-corrected chi connectivity index (χ1v) is 11.0. The molecule has 2 N–H and O–H groups in total. The number of piperidine rings is 1. The molecule has 0 amide bonds. The lowest BCUT2D eigenvalue weighted by molar-refractivity contribution is 0.188. The van der Waals surface area contributed by atoms with E-state index in [0.29, 0.717) is 18.5 Å². The molecule has 1 aromatic rings. The third-order valence-electron chi connectivity index (χ3n) is 4.55. The van der Waals surface area contributed by atoms with Crippen LogP contribution in [0.15, 0.2) is 23.7 Å². The van der Waals surface area contributed by atoms with E-state index >= 15 is 0 Å². The minimum absolute atomic E-state index is 0. The Morgan fingerprint density at radius 3 is 2.67 bits per heavy atom. The van der Waals surface area contributed by atoms with Gasteiger partial charge in [-0.25, -0.2) is 18.1 Å². The molecule has 8 nitrogen and oxygen atoms in total. The van der Waals surface area contributed by atoms with Gasteiger partial charge < -0.3 is 14.8 Å². The summed E-state index contributed by atoms with van der Waals surface area (Å²) < 4.78 is 27.9. The normalized spacial score (nSPS) is 21.7. The van der Waals surface area contributed by atoms with E-state index in [1.54, 1.807) is 0 Å². The van der Waals surface area contributed by atoms with E-state index in [4.69, 9.17) is 4.99 Å². The predicted octanol–water partition coefficient (Wildman–Crippen LogP) is 1.68. The summed E-state index contributed by atoms with van der Waals surface area (Å²) in [6.07, 6.45) is 7.93. The Balaban J connectivity index is 0.00000364. The number of aliphatic imine (C=N–C) groups is 1. The molecule has 0 aromatic carbocycles. The highest BCUT2D eigenvalue weighted by molar-refractivity contribution is 14.0. The van der Waals surface area contributed by atoms with Gasteiger partial charge >= 0.3 is 0 Å². The summed E-state index contributed by atoms with van der Waals surface area (Å²) in [6.45, 7) is 10.9. The maximum Gasteiger partial charge on any atom is 0.209 e. The van der Waals surface area contributed by atoms with Crippen LogP contribution < -0.4 is 10.0 Å². The zero-order chi connectivity index (χ0) is 19.4. The number of aromatic nitrogens is 2. The fourth-order valence-corrected chi connectivity index (χ4v) is 4.40. The van der Waals surface area contributed by atoms with Gasteiger partial charge in [-0.1, -0.05) is 6.92 Å². The van der Waals surface area contributed by atoms with Crippen molar-refractivity contribution < 1.29 is 8.42 Å². The molecule has 1 aliphatic heterocycles. The summed E-state index contributed by atoms with van der Waals surface area (Å²) in [5.74, 6) is 1.39. The molecule has 1 aliphatic rings. The molecular formula is C17H33IN6O2S. The van der Waals surface area contributed by atoms with Gasteiger partial charge in [-0.2, -0.15) is 0 Å². The molecule has 156 valence electrons. The van der Waals surface area contributed by atoms with E-state index in [2.05, 4.69) is 31.4 Å². The van der Waals surface area contributed by atoms with Crippen molar-refractivity contribution >= 4 is 40.0 Å². The van der Waals surface area contributed by atoms with E-state index in [1.807, 2.05) is 39.5 Å². The van der Waals surface area contributed by atoms with Crippen molar-refractivity contribution in [3.05, 3.63) is 18.7 Å². The number of likely N-dealkylation sites (tertiary alicyclic amines) is 1. The Hall–Kier alpha value is -0.880. The van der Waals surface area contributed by atoms with E-state index in [1.165, 1.54) is 6.26 Å². The van der Waals surface area contributed by atoms with Gasteiger partial charge in [0.05, 0.1) is 25.2 Å². The number of imidazole rings is 1. The monoisotopic (exact) mass is 512 g/mol. The highest BCUT2D eigenvalue weighted by Gasteiger charge is 2.29. The molecule has 27 heavy (non-hydrogen) atoms. The minimum atomic E-state index is -3.28. The van der Waals surface area contributed by atoms with E-state index in [9.17, 15) is 8.42 Å². The van der Waals surface area contributed by atoms with Gasteiger partial charge in [-0.05, 0) is 33.1 Å². The fraction of sp³-hybridized carbons (Fsp3) is 0.765. The molecule has 2 atom stereocenters. The maximum atomic E-state index is 11.5. The number of guanidine groups is 1. The second-order valence-electron chi connectivity index (χ2n) is 7.72. The second-order valence-corrected chi connectivity index (χ2v) is 9.47. The van der Waals surface area contributed by atoms with E-state index in [-0.39, 0.29) is 24.0 Å². The van der Waals surface area contributed by atoms with Crippen LogP contribution in [0.3, 0.4) is 0 Å². The summed E-state index contributed by atoms with van der Waals surface area (Å²) in [5.41, 5.74) is -0.638.